The van der Waals surface area contributed by atoms with E-state index in [9.17, 15) is 9.59 Å². The second kappa shape index (κ2) is 10.6. The Morgan fingerprint density at radius 3 is 2.25 bits per heavy atom. The zero-order valence-electron chi connectivity index (χ0n) is 18.6. The van der Waals surface area contributed by atoms with Crippen molar-refractivity contribution in [3.05, 3.63) is 66.2 Å². The summed E-state index contributed by atoms with van der Waals surface area (Å²) in [5.41, 5.74) is 0.133. The summed E-state index contributed by atoms with van der Waals surface area (Å²) in [7, 11) is 0. The molecule has 32 heavy (non-hydrogen) atoms. The molecule has 0 saturated carbocycles. The normalized spacial score (nSPS) is 21.2. The zero-order valence-corrected chi connectivity index (χ0v) is 18.6. The van der Waals surface area contributed by atoms with Crippen molar-refractivity contribution in [1.82, 2.24) is 9.80 Å². The lowest BCUT2D eigenvalue weighted by Crippen LogP contribution is -2.58. The van der Waals surface area contributed by atoms with Crippen molar-refractivity contribution in [1.29, 1.82) is 0 Å². The van der Waals surface area contributed by atoms with Crippen LogP contribution in [0.4, 0.5) is 0 Å². The summed E-state index contributed by atoms with van der Waals surface area (Å²) in [5, 5.41) is 0. The first-order valence-corrected chi connectivity index (χ1v) is 11.5. The molecule has 0 aliphatic carbocycles. The van der Waals surface area contributed by atoms with Crippen molar-refractivity contribution in [2.45, 2.75) is 37.7 Å². The minimum atomic E-state index is -0.852. The molecule has 2 amide bonds. The van der Waals surface area contributed by atoms with Crippen molar-refractivity contribution in [2.75, 3.05) is 39.4 Å². The van der Waals surface area contributed by atoms with E-state index in [2.05, 4.69) is 0 Å². The number of hydrogen-bond donors (Lipinski definition) is 0. The molecule has 6 nitrogen and oxygen atoms in total. The van der Waals surface area contributed by atoms with E-state index in [1.165, 1.54) is 6.42 Å². The van der Waals surface area contributed by atoms with Crippen molar-refractivity contribution < 1.29 is 19.1 Å². The topological polar surface area (TPSA) is 59.1 Å². The summed E-state index contributed by atoms with van der Waals surface area (Å²) >= 11 is 0. The maximum atomic E-state index is 13.1. The summed E-state index contributed by atoms with van der Waals surface area (Å²) in [6.45, 7) is 3.09. The Balaban J connectivity index is 1.47. The van der Waals surface area contributed by atoms with E-state index in [0.717, 1.165) is 37.2 Å². The number of nitrogens with zero attached hydrogens (tertiary/aromatic N) is 2. The number of carbonyl (C=O) groups is 2. The van der Waals surface area contributed by atoms with E-state index in [0.29, 0.717) is 26.1 Å². The van der Waals surface area contributed by atoms with Gasteiger partial charge in [-0.3, -0.25) is 9.59 Å². The van der Waals surface area contributed by atoms with Crippen molar-refractivity contribution in [3.8, 4) is 5.75 Å². The van der Waals surface area contributed by atoms with E-state index in [-0.39, 0.29) is 24.8 Å². The summed E-state index contributed by atoms with van der Waals surface area (Å²) in [4.78, 5) is 29.9. The summed E-state index contributed by atoms with van der Waals surface area (Å²) in [6, 6.07) is 19.3. The SMILES string of the molecule is O=C(CC1(COc2ccccc2)CN(C(=O)Cc2ccccc2)CCO1)N1CCCCC1. The second-order valence-electron chi connectivity index (χ2n) is 8.73. The van der Waals surface area contributed by atoms with E-state index >= 15 is 0 Å². The molecule has 4 rings (SSSR count). The largest absolute Gasteiger partial charge is 0.490 e. The molecule has 0 N–H and O–H groups in total. The fourth-order valence-corrected chi connectivity index (χ4v) is 4.45. The third kappa shape index (κ3) is 5.88. The number of hydrogen-bond acceptors (Lipinski definition) is 4. The number of morpholine rings is 1. The third-order valence-electron chi connectivity index (χ3n) is 6.23. The van der Waals surface area contributed by atoms with Crippen LogP contribution in [0.2, 0.25) is 0 Å². The fraction of sp³-hybridized carbons (Fsp3) is 0.462. The molecule has 2 fully saturated rings. The lowest BCUT2D eigenvalue weighted by Gasteiger charge is -2.43. The molecule has 1 atom stereocenters. The number of carbonyl (C=O) groups excluding carboxylic acids is 2. The minimum absolute atomic E-state index is 0.0500. The number of rotatable bonds is 7. The Morgan fingerprint density at radius 1 is 0.844 bits per heavy atom. The smallest absolute Gasteiger partial charge is 0.227 e. The molecule has 0 aromatic heterocycles. The van der Waals surface area contributed by atoms with E-state index < -0.39 is 5.60 Å². The Kier molecular flexibility index (Phi) is 7.43. The lowest BCUT2D eigenvalue weighted by atomic mass is 9.95. The highest BCUT2D eigenvalue weighted by molar-refractivity contribution is 5.80. The van der Waals surface area contributed by atoms with Crippen LogP contribution in [0.25, 0.3) is 0 Å². The molecule has 0 radical (unpaired) electrons. The highest BCUT2D eigenvalue weighted by Crippen LogP contribution is 2.26. The molecule has 2 saturated heterocycles. The maximum Gasteiger partial charge on any atom is 0.227 e. The van der Waals surface area contributed by atoms with Gasteiger partial charge in [0.15, 0.2) is 0 Å². The van der Waals surface area contributed by atoms with Gasteiger partial charge in [-0.1, -0.05) is 48.5 Å². The van der Waals surface area contributed by atoms with E-state index in [1.54, 1.807) is 0 Å². The fourth-order valence-electron chi connectivity index (χ4n) is 4.45. The summed E-state index contributed by atoms with van der Waals surface area (Å²) in [6.07, 6.45) is 3.82. The number of amides is 2. The van der Waals surface area contributed by atoms with Gasteiger partial charge in [-0.25, -0.2) is 0 Å². The molecule has 2 aromatic carbocycles. The van der Waals surface area contributed by atoms with E-state index in [1.807, 2.05) is 70.5 Å². The molecule has 0 spiro atoms. The highest BCUT2D eigenvalue weighted by Gasteiger charge is 2.42. The average molecular weight is 437 g/mol. The first-order valence-electron chi connectivity index (χ1n) is 11.5. The monoisotopic (exact) mass is 436 g/mol. The number of para-hydroxylation sites is 1. The van der Waals surface area contributed by atoms with Gasteiger partial charge in [0.25, 0.3) is 0 Å². The molecule has 2 aliphatic rings. The Morgan fingerprint density at radius 2 is 1.53 bits per heavy atom. The maximum absolute atomic E-state index is 13.1. The van der Waals surface area contributed by atoms with Gasteiger partial charge in [-0.15, -0.1) is 0 Å². The Labute approximate surface area is 190 Å². The average Bonchev–Trinajstić information content (AvgIpc) is 2.85. The Bertz CT molecular complexity index is 883. The predicted molar refractivity (Wildman–Crippen MR) is 122 cm³/mol. The second-order valence-corrected chi connectivity index (χ2v) is 8.73. The van der Waals surface area contributed by atoms with Gasteiger partial charge < -0.3 is 19.3 Å². The minimum Gasteiger partial charge on any atom is -0.490 e. The standard InChI is InChI=1S/C26H32N2O4/c29-24(18-22-10-4-1-5-11-22)28-16-17-32-26(20-28,21-31-23-12-6-2-7-13-23)19-25(30)27-14-8-3-9-15-27/h1-2,4-7,10-13H,3,8-9,14-21H2. The van der Waals surface area contributed by atoms with Crippen molar-refractivity contribution >= 4 is 11.8 Å². The van der Waals surface area contributed by atoms with Gasteiger partial charge in [0, 0.05) is 19.6 Å². The van der Waals surface area contributed by atoms with Crippen LogP contribution in [0.3, 0.4) is 0 Å². The van der Waals surface area contributed by atoms with Crippen LogP contribution in [-0.2, 0) is 20.7 Å². The van der Waals surface area contributed by atoms with Crippen LogP contribution in [0.15, 0.2) is 60.7 Å². The zero-order chi connectivity index (χ0) is 22.2. The van der Waals surface area contributed by atoms with Crippen molar-refractivity contribution in [3.63, 3.8) is 0 Å². The molecule has 2 aliphatic heterocycles. The van der Waals surface area contributed by atoms with Gasteiger partial charge >= 0.3 is 0 Å². The van der Waals surface area contributed by atoms with Crippen LogP contribution in [-0.4, -0.2) is 66.6 Å². The predicted octanol–water partition coefficient (Wildman–Crippen LogP) is 3.31. The Hall–Kier alpha value is -2.86. The molecule has 170 valence electrons. The van der Waals surface area contributed by atoms with Crippen molar-refractivity contribution in [2.24, 2.45) is 0 Å². The molecule has 2 heterocycles. The molecule has 6 heteroatoms. The van der Waals surface area contributed by atoms with Crippen LogP contribution in [0.5, 0.6) is 5.75 Å². The number of likely N-dealkylation sites (tertiary alicyclic amines) is 1. The molecular weight excluding hydrogens is 404 g/mol. The molecular formula is C26H32N2O4. The van der Waals surface area contributed by atoms with Gasteiger partial charge in [0.05, 0.1) is 26.0 Å². The van der Waals surface area contributed by atoms with Crippen LogP contribution in [0.1, 0.15) is 31.2 Å². The van der Waals surface area contributed by atoms with Gasteiger partial charge in [0.1, 0.15) is 18.0 Å². The van der Waals surface area contributed by atoms with Crippen LogP contribution >= 0.6 is 0 Å². The first kappa shape index (κ1) is 22.3. The van der Waals surface area contributed by atoms with E-state index in [4.69, 9.17) is 9.47 Å². The lowest BCUT2D eigenvalue weighted by molar-refractivity contribution is -0.166. The number of benzene rings is 2. The quantitative estimate of drug-likeness (QED) is 0.668. The van der Waals surface area contributed by atoms with Gasteiger partial charge in [0.2, 0.25) is 11.8 Å². The summed E-state index contributed by atoms with van der Waals surface area (Å²) < 4.78 is 12.3. The molecule has 2 aromatic rings. The number of ether oxygens (including phenoxy) is 2. The first-order chi connectivity index (χ1) is 15.6. The van der Waals surface area contributed by atoms with Gasteiger partial charge in [-0.05, 0) is 37.0 Å². The number of piperidine rings is 1. The molecule has 1 unspecified atom stereocenters. The third-order valence-corrected chi connectivity index (χ3v) is 6.23. The van der Waals surface area contributed by atoms with Gasteiger partial charge in [-0.2, -0.15) is 0 Å². The summed E-state index contributed by atoms with van der Waals surface area (Å²) in [5.74, 6) is 0.862. The highest BCUT2D eigenvalue weighted by atomic mass is 16.5. The molecule has 0 bridgehead atoms. The van der Waals surface area contributed by atoms with Crippen LogP contribution in [0, 0.1) is 0 Å². The van der Waals surface area contributed by atoms with Crippen LogP contribution < -0.4 is 4.74 Å².